The minimum absolute atomic E-state index is 0.130. The first-order valence-corrected chi connectivity index (χ1v) is 7.66. The highest BCUT2D eigenvalue weighted by Gasteiger charge is 2.25. The zero-order valence-electron chi connectivity index (χ0n) is 11.5. The molecule has 0 spiro atoms. The molecule has 1 atom stereocenters. The molecule has 1 aromatic carbocycles. The molecule has 2 aromatic rings. The average Bonchev–Trinajstić information content (AvgIpc) is 3.04. The maximum Gasteiger partial charge on any atom is 0.231 e. The summed E-state index contributed by atoms with van der Waals surface area (Å²) in [4.78, 5) is 0. The van der Waals surface area contributed by atoms with E-state index >= 15 is 0 Å². The van der Waals surface area contributed by atoms with E-state index in [1.807, 2.05) is 13.8 Å². The van der Waals surface area contributed by atoms with Crippen LogP contribution in [0.5, 0.6) is 11.5 Å². The summed E-state index contributed by atoms with van der Waals surface area (Å²) in [5, 5.41) is 15.4. The van der Waals surface area contributed by atoms with E-state index in [-0.39, 0.29) is 12.8 Å². The third-order valence-electron chi connectivity index (χ3n) is 3.30. The summed E-state index contributed by atoms with van der Waals surface area (Å²) in [5.74, 6) is 1.06. The van der Waals surface area contributed by atoms with Crippen molar-refractivity contribution in [3.8, 4) is 11.5 Å². The van der Waals surface area contributed by atoms with Gasteiger partial charge < -0.3 is 14.6 Å². The fraction of sp³-hybridized carbons (Fsp3) is 0.357. The van der Waals surface area contributed by atoms with Crippen molar-refractivity contribution in [1.29, 1.82) is 0 Å². The van der Waals surface area contributed by atoms with Crippen LogP contribution < -0.4 is 9.47 Å². The van der Waals surface area contributed by atoms with Crippen molar-refractivity contribution in [2.75, 3.05) is 6.79 Å². The van der Waals surface area contributed by atoms with Gasteiger partial charge in [0.15, 0.2) is 11.5 Å². The third kappa shape index (κ3) is 2.52. The number of aromatic nitrogens is 2. The van der Waals surface area contributed by atoms with E-state index in [0.717, 1.165) is 4.47 Å². The Morgan fingerprint density at radius 3 is 2.86 bits per heavy atom. The van der Waals surface area contributed by atoms with E-state index in [2.05, 4.69) is 21.0 Å². The Kier molecular flexibility index (Phi) is 3.86. The van der Waals surface area contributed by atoms with Gasteiger partial charge in [-0.3, -0.25) is 4.68 Å². The summed E-state index contributed by atoms with van der Waals surface area (Å²) in [6.07, 6.45) is 0.809. The molecule has 0 bridgehead atoms. The van der Waals surface area contributed by atoms with E-state index in [9.17, 15) is 5.11 Å². The average molecular weight is 374 g/mol. The van der Waals surface area contributed by atoms with Gasteiger partial charge >= 0.3 is 0 Å². The fourth-order valence-corrected chi connectivity index (χ4v) is 3.08. The summed E-state index contributed by atoms with van der Waals surface area (Å²) in [6.45, 7) is 4.15. The van der Waals surface area contributed by atoms with Gasteiger partial charge in [0.2, 0.25) is 6.79 Å². The SMILES string of the molecule is CC(C)n1ncc(Br)c1C(O)c1cc(Cl)c2c(c1)OCO2. The van der Waals surface area contributed by atoms with Crippen molar-refractivity contribution in [2.24, 2.45) is 0 Å². The highest BCUT2D eigenvalue weighted by atomic mass is 79.9. The molecule has 1 aliphatic heterocycles. The van der Waals surface area contributed by atoms with Crippen LogP contribution in [0.25, 0.3) is 0 Å². The summed E-state index contributed by atoms with van der Waals surface area (Å²) in [7, 11) is 0. The Morgan fingerprint density at radius 1 is 1.38 bits per heavy atom. The minimum Gasteiger partial charge on any atom is -0.454 e. The van der Waals surface area contributed by atoms with Gasteiger partial charge in [-0.2, -0.15) is 5.10 Å². The monoisotopic (exact) mass is 372 g/mol. The van der Waals surface area contributed by atoms with Gasteiger partial charge in [0.1, 0.15) is 6.10 Å². The van der Waals surface area contributed by atoms with Crippen LogP contribution in [0.15, 0.2) is 22.8 Å². The van der Waals surface area contributed by atoms with Gasteiger partial charge in [-0.05, 0) is 47.5 Å². The summed E-state index contributed by atoms with van der Waals surface area (Å²) in [6, 6.07) is 3.55. The summed E-state index contributed by atoms with van der Waals surface area (Å²) in [5.41, 5.74) is 1.31. The molecule has 0 aliphatic carbocycles. The molecule has 0 saturated carbocycles. The van der Waals surface area contributed by atoms with E-state index < -0.39 is 6.10 Å². The van der Waals surface area contributed by atoms with Crippen molar-refractivity contribution in [1.82, 2.24) is 9.78 Å². The number of aliphatic hydroxyl groups excluding tert-OH is 1. The molecule has 1 N–H and O–H groups in total. The Morgan fingerprint density at radius 2 is 2.14 bits per heavy atom. The van der Waals surface area contributed by atoms with Crippen LogP contribution in [0, 0.1) is 0 Å². The molecule has 1 aliphatic rings. The minimum atomic E-state index is -0.865. The molecule has 2 heterocycles. The number of aliphatic hydroxyl groups is 1. The summed E-state index contributed by atoms with van der Waals surface area (Å²) < 4.78 is 13.1. The number of nitrogens with zero attached hydrogens (tertiary/aromatic N) is 2. The lowest BCUT2D eigenvalue weighted by atomic mass is 10.1. The lowest BCUT2D eigenvalue weighted by Gasteiger charge is -2.17. The van der Waals surface area contributed by atoms with Crippen LogP contribution in [0.1, 0.15) is 37.3 Å². The first kappa shape index (κ1) is 14.7. The molecular weight excluding hydrogens is 360 g/mol. The maximum atomic E-state index is 10.7. The number of hydrogen-bond acceptors (Lipinski definition) is 4. The van der Waals surface area contributed by atoms with Crippen LogP contribution in [-0.2, 0) is 0 Å². The standard InChI is InChI=1S/C14H14BrClN2O3/c1-7(2)18-12(9(15)5-17-18)13(19)8-3-10(16)14-11(4-8)20-6-21-14/h3-5,7,13,19H,6H2,1-2H3. The van der Waals surface area contributed by atoms with Crippen LogP contribution in [-0.4, -0.2) is 21.7 Å². The lowest BCUT2D eigenvalue weighted by Crippen LogP contribution is -2.12. The summed E-state index contributed by atoms with van der Waals surface area (Å²) >= 11 is 9.60. The number of fused-ring (bicyclic) bond motifs is 1. The van der Waals surface area contributed by atoms with E-state index in [1.165, 1.54) is 0 Å². The molecule has 1 aromatic heterocycles. The zero-order chi connectivity index (χ0) is 15.1. The van der Waals surface area contributed by atoms with Crippen LogP contribution in [0.3, 0.4) is 0 Å². The van der Waals surface area contributed by atoms with E-state index in [1.54, 1.807) is 23.0 Å². The van der Waals surface area contributed by atoms with Gasteiger partial charge in [-0.25, -0.2) is 0 Å². The second kappa shape index (κ2) is 5.51. The Labute approximate surface area is 135 Å². The van der Waals surface area contributed by atoms with Crippen molar-refractivity contribution >= 4 is 27.5 Å². The number of benzene rings is 1. The van der Waals surface area contributed by atoms with Crippen LogP contribution in [0.4, 0.5) is 0 Å². The largest absolute Gasteiger partial charge is 0.454 e. The molecular formula is C14H14BrClN2O3. The van der Waals surface area contributed by atoms with Crippen molar-refractivity contribution in [3.05, 3.63) is 39.1 Å². The Bertz CT molecular complexity index is 687. The first-order chi connectivity index (χ1) is 9.99. The predicted molar refractivity (Wildman–Crippen MR) is 81.9 cm³/mol. The maximum absolute atomic E-state index is 10.7. The first-order valence-electron chi connectivity index (χ1n) is 6.49. The van der Waals surface area contributed by atoms with Gasteiger partial charge in [-0.15, -0.1) is 0 Å². The van der Waals surface area contributed by atoms with Gasteiger partial charge in [-0.1, -0.05) is 11.6 Å². The zero-order valence-corrected chi connectivity index (χ0v) is 13.8. The molecule has 112 valence electrons. The molecule has 0 radical (unpaired) electrons. The lowest BCUT2D eigenvalue weighted by molar-refractivity contribution is 0.173. The second-order valence-corrected chi connectivity index (χ2v) is 6.32. The normalized spacial score (nSPS) is 14.8. The Balaban J connectivity index is 2.05. The smallest absolute Gasteiger partial charge is 0.231 e. The van der Waals surface area contributed by atoms with E-state index in [4.69, 9.17) is 21.1 Å². The molecule has 21 heavy (non-hydrogen) atoms. The topological polar surface area (TPSA) is 56.5 Å². The predicted octanol–water partition coefficient (Wildman–Crippen LogP) is 3.69. The molecule has 5 nitrogen and oxygen atoms in total. The molecule has 0 fully saturated rings. The number of rotatable bonds is 3. The van der Waals surface area contributed by atoms with Crippen molar-refractivity contribution in [2.45, 2.75) is 26.0 Å². The molecule has 0 amide bonds. The third-order valence-corrected chi connectivity index (χ3v) is 4.19. The Hall–Kier alpha value is -1.24. The van der Waals surface area contributed by atoms with Gasteiger partial charge in [0, 0.05) is 6.04 Å². The molecule has 1 unspecified atom stereocenters. The quantitative estimate of drug-likeness (QED) is 0.891. The van der Waals surface area contributed by atoms with Crippen molar-refractivity contribution < 1.29 is 14.6 Å². The fourth-order valence-electron chi connectivity index (χ4n) is 2.32. The highest BCUT2D eigenvalue weighted by molar-refractivity contribution is 9.10. The molecule has 3 rings (SSSR count). The number of ether oxygens (including phenoxy) is 2. The number of hydrogen-bond donors (Lipinski definition) is 1. The molecule has 7 heteroatoms. The van der Waals surface area contributed by atoms with E-state index in [0.29, 0.717) is 27.8 Å². The van der Waals surface area contributed by atoms with Crippen LogP contribution in [0.2, 0.25) is 5.02 Å². The second-order valence-electron chi connectivity index (χ2n) is 5.06. The van der Waals surface area contributed by atoms with Gasteiger partial charge in [0.25, 0.3) is 0 Å². The van der Waals surface area contributed by atoms with Crippen LogP contribution >= 0.6 is 27.5 Å². The molecule has 0 saturated heterocycles. The van der Waals surface area contributed by atoms with Gasteiger partial charge in [0.05, 0.1) is 21.4 Å². The highest BCUT2D eigenvalue weighted by Crippen LogP contribution is 2.42. The number of halogens is 2. The van der Waals surface area contributed by atoms with Crippen molar-refractivity contribution in [3.63, 3.8) is 0 Å².